The maximum absolute atomic E-state index is 5.31. The molecule has 1 fully saturated rings. The van der Waals surface area contributed by atoms with Crippen molar-refractivity contribution in [3.8, 4) is 12.3 Å². The molecule has 12 heavy (non-hydrogen) atoms. The molecule has 0 spiro atoms. The molecule has 0 aromatic rings. The SMILES string of the molecule is C#CCOCC1CCC(Br)CC1. The van der Waals surface area contributed by atoms with Crippen LogP contribution in [0, 0.1) is 18.3 Å². The highest BCUT2D eigenvalue weighted by Crippen LogP contribution is 2.28. The molecule has 0 unspecified atom stereocenters. The van der Waals surface area contributed by atoms with Crippen LogP contribution in [0.15, 0.2) is 0 Å². The van der Waals surface area contributed by atoms with Crippen LogP contribution in [-0.2, 0) is 4.74 Å². The van der Waals surface area contributed by atoms with E-state index in [4.69, 9.17) is 11.2 Å². The first-order valence-electron chi connectivity index (χ1n) is 4.48. The molecule has 1 nitrogen and oxygen atoms in total. The Bertz CT molecular complexity index is 154. The van der Waals surface area contributed by atoms with Crippen LogP contribution < -0.4 is 0 Å². The largest absolute Gasteiger partial charge is 0.369 e. The van der Waals surface area contributed by atoms with Crippen LogP contribution in [0.25, 0.3) is 0 Å². The molecule has 0 bridgehead atoms. The van der Waals surface area contributed by atoms with Crippen LogP contribution >= 0.6 is 15.9 Å². The Balaban J connectivity index is 2.06. The topological polar surface area (TPSA) is 9.23 Å². The van der Waals surface area contributed by atoms with Crippen LogP contribution in [0.1, 0.15) is 25.7 Å². The molecular weight excluding hydrogens is 216 g/mol. The third kappa shape index (κ3) is 3.60. The minimum absolute atomic E-state index is 0.467. The first kappa shape index (κ1) is 10.1. The van der Waals surface area contributed by atoms with Gasteiger partial charge in [0, 0.05) is 4.83 Å². The number of hydrogen-bond acceptors (Lipinski definition) is 1. The molecule has 1 rings (SSSR count). The van der Waals surface area contributed by atoms with Crippen LogP contribution in [-0.4, -0.2) is 18.0 Å². The molecule has 1 aliphatic rings. The lowest BCUT2D eigenvalue weighted by Crippen LogP contribution is -2.18. The lowest BCUT2D eigenvalue weighted by molar-refractivity contribution is 0.110. The van der Waals surface area contributed by atoms with Crippen molar-refractivity contribution in [1.82, 2.24) is 0 Å². The van der Waals surface area contributed by atoms with E-state index in [1.807, 2.05) is 0 Å². The fourth-order valence-corrected chi connectivity index (χ4v) is 2.10. The number of rotatable bonds is 3. The Hall–Kier alpha value is 0. The average molecular weight is 231 g/mol. The van der Waals surface area contributed by atoms with E-state index in [0.29, 0.717) is 6.61 Å². The van der Waals surface area contributed by atoms with Gasteiger partial charge in [0.05, 0.1) is 6.61 Å². The lowest BCUT2D eigenvalue weighted by Gasteiger charge is -2.24. The van der Waals surface area contributed by atoms with E-state index in [2.05, 4.69) is 21.9 Å². The van der Waals surface area contributed by atoms with Crippen molar-refractivity contribution in [3.05, 3.63) is 0 Å². The summed E-state index contributed by atoms with van der Waals surface area (Å²) in [7, 11) is 0. The first-order chi connectivity index (χ1) is 5.83. The van der Waals surface area contributed by atoms with Crippen LogP contribution in [0.4, 0.5) is 0 Å². The molecule has 1 saturated carbocycles. The van der Waals surface area contributed by atoms with Gasteiger partial charge in [-0.2, -0.15) is 0 Å². The second-order valence-electron chi connectivity index (χ2n) is 3.34. The van der Waals surface area contributed by atoms with E-state index < -0.39 is 0 Å². The maximum atomic E-state index is 5.31. The maximum Gasteiger partial charge on any atom is 0.107 e. The van der Waals surface area contributed by atoms with Gasteiger partial charge in [0.2, 0.25) is 0 Å². The molecular formula is C10H15BrO. The van der Waals surface area contributed by atoms with E-state index in [1.54, 1.807) is 0 Å². The monoisotopic (exact) mass is 230 g/mol. The standard InChI is InChI=1S/C10H15BrO/c1-2-7-12-8-9-3-5-10(11)6-4-9/h1,9-10H,3-8H2. The Kier molecular flexibility index (Phi) is 4.72. The molecule has 1 aliphatic carbocycles. The summed E-state index contributed by atoms with van der Waals surface area (Å²) in [4.78, 5) is 0.737. The van der Waals surface area contributed by atoms with E-state index in [-0.39, 0.29) is 0 Å². The molecule has 68 valence electrons. The van der Waals surface area contributed by atoms with Crippen LogP contribution in [0.3, 0.4) is 0 Å². The summed E-state index contributed by atoms with van der Waals surface area (Å²) in [5.41, 5.74) is 0. The number of halogens is 1. The number of hydrogen-bond donors (Lipinski definition) is 0. The Morgan fingerprint density at radius 1 is 1.33 bits per heavy atom. The summed E-state index contributed by atoms with van der Waals surface area (Å²) >= 11 is 3.62. The van der Waals surface area contributed by atoms with Crippen molar-refractivity contribution in [2.24, 2.45) is 5.92 Å². The van der Waals surface area contributed by atoms with Gasteiger partial charge in [-0.15, -0.1) is 6.42 Å². The predicted octanol–water partition coefficient (Wildman–Crippen LogP) is 2.59. The predicted molar refractivity (Wildman–Crippen MR) is 54.3 cm³/mol. The molecule has 0 radical (unpaired) electrons. The minimum atomic E-state index is 0.467. The zero-order valence-electron chi connectivity index (χ0n) is 7.26. The number of terminal acetylenes is 1. The highest BCUT2D eigenvalue weighted by atomic mass is 79.9. The van der Waals surface area contributed by atoms with Crippen molar-refractivity contribution < 1.29 is 4.74 Å². The van der Waals surface area contributed by atoms with Gasteiger partial charge in [-0.25, -0.2) is 0 Å². The Labute approximate surface area is 83.0 Å². The summed E-state index contributed by atoms with van der Waals surface area (Å²) in [6.07, 6.45) is 10.2. The van der Waals surface area contributed by atoms with Gasteiger partial charge in [-0.3, -0.25) is 0 Å². The third-order valence-corrected chi connectivity index (χ3v) is 3.23. The fraction of sp³-hybridized carbons (Fsp3) is 0.800. The van der Waals surface area contributed by atoms with Gasteiger partial charge in [0.25, 0.3) is 0 Å². The zero-order valence-corrected chi connectivity index (χ0v) is 8.85. The van der Waals surface area contributed by atoms with Crippen molar-refractivity contribution in [1.29, 1.82) is 0 Å². The minimum Gasteiger partial charge on any atom is -0.369 e. The lowest BCUT2D eigenvalue weighted by atomic mass is 9.90. The molecule has 0 atom stereocenters. The van der Waals surface area contributed by atoms with Gasteiger partial charge in [-0.1, -0.05) is 21.9 Å². The highest BCUT2D eigenvalue weighted by molar-refractivity contribution is 9.09. The van der Waals surface area contributed by atoms with Gasteiger partial charge in [0.15, 0.2) is 0 Å². The first-order valence-corrected chi connectivity index (χ1v) is 5.39. The summed E-state index contributed by atoms with van der Waals surface area (Å²) in [5, 5.41) is 0. The molecule has 0 heterocycles. The van der Waals surface area contributed by atoms with E-state index in [9.17, 15) is 0 Å². The molecule has 0 aliphatic heterocycles. The van der Waals surface area contributed by atoms with E-state index in [1.165, 1.54) is 25.7 Å². The Morgan fingerprint density at radius 3 is 2.58 bits per heavy atom. The third-order valence-electron chi connectivity index (χ3n) is 2.32. The normalized spacial score (nSPS) is 29.7. The van der Waals surface area contributed by atoms with Crippen molar-refractivity contribution in [2.75, 3.05) is 13.2 Å². The number of ether oxygens (including phenoxy) is 1. The van der Waals surface area contributed by atoms with Gasteiger partial charge < -0.3 is 4.74 Å². The molecule has 0 aromatic carbocycles. The smallest absolute Gasteiger partial charge is 0.107 e. The molecule has 0 saturated heterocycles. The van der Waals surface area contributed by atoms with Gasteiger partial charge >= 0.3 is 0 Å². The number of alkyl halides is 1. The van der Waals surface area contributed by atoms with E-state index in [0.717, 1.165) is 17.4 Å². The Morgan fingerprint density at radius 2 is 2.00 bits per heavy atom. The molecule has 0 N–H and O–H groups in total. The van der Waals surface area contributed by atoms with E-state index >= 15 is 0 Å². The van der Waals surface area contributed by atoms with Crippen LogP contribution in [0.5, 0.6) is 0 Å². The van der Waals surface area contributed by atoms with Gasteiger partial charge in [-0.05, 0) is 31.6 Å². The summed E-state index contributed by atoms with van der Waals surface area (Å²) in [6.45, 7) is 1.32. The highest BCUT2D eigenvalue weighted by Gasteiger charge is 2.18. The molecule has 0 aromatic heterocycles. The average Bonchev–Trinajstić information content (AvgIpc) is 2.09. The van der Waals surface area contributed by atoms with Gasteiger partial charge in [0.1, 0.15) is 6.61 Å². The van der Waals surface area contributed by atoms with Crippen LogP contribution in [0.2, 0.25) is 0 Å². The summed E-state index contributed by atoms with van der Waals surface area (Å²) < 4.78 is 5.31. The second kappa shape index (κ2) is 5.61. The second-order valence-corrected chi connectivity index (χ2v) is 4.63. The van der Waals surface area contributed by atoms with Crippen molar-refractivity contribution in [3.63, 3.8) is 0 Å². The quantitative estimate of drug-likeness (QED) is 0.412. The van der Waals surface area contributed by atoms with Crippen molar-refractivity contribution in [2.45, 2.75) is 30.5 Å². The zero-order chi connectivity index (χ0) is 8.81. The van der Waals surface area contributed by atoms with Crippen molar-refractivity contribution >= 4 is 15.9 Å². The summed E-state index contributed by atoms with van der Waals surface area (Å²) in [6, 6.07) is 0. The molecule has 2 heteroatoms. The summed E-state index contributed by atoms with van der Waals surface area (Å²) in [5.74, 6) is 3.23. The molecule has 0 amide bonds. The fourth-order valence-electron chi connectivity index (χ4n) is 1.57.